The van der Waals surface area contributed by atoms with Gasteiger partial charge in [-0.25, -0.2) is 8.42 Å². The van der Waals surface area contributed by atoms with E-state index in [2.05, 4.69) is 52.6 Å². The number of piperidine rings is 1. The molecule has 1 saturated heterocycles. The molecular formula is C15H21Br2NO2S. The van der Waals surface area contributed by atoms with Gasteiger partial charge in [0.2, 0.25) is 10.0 Å². The first-order chi connectivity index (χ1) is 9.62. The summed E-state index contributed by atoms with van der Waals surface area (Å²) in [6, 6.07) is 5.25. The molecule has 0 unspecified atom stereocenters. The molecule has 1 aliphatic heterocycles. The minimum Gasteiger partial charge on any atom is -0.207 e. The molecule has 0 atom stereocenters. The molecule has 6 heteroatoms. The molecule has 0 aliphatic carbocycles. The van der Waals surface area contributed by atoms with E-state index in [4.69, 9.17) is 0 Å². The van der Waals surface area contributed by atoms with Crippen LogP contribution in [0.3, 0.4) is 0 Å². The number of nitrogens with zero attached hydrogens (tertiary/aromatic N) is 1. The number of rotatable bonds is 2. The van der Waals surface area contributed by atoms with Crippen LogP contribution in [0, 0.1) is 11.3 Å². The molecule has 21 heavy (non-hydrogen) atoms. The van der Waals surface area contributed by atoms with Gasteiger partial charge in [-0.15, -0.1) is 0 Å². The molecule has 0 spiro atoms. The first-order valence-electron chi connectivity index (χ1n) is 7.07. The highest BCUT2D eigenvalue weighted by molar-refractivity contribution is 9.11. The van der Waals surface area contributed by atoms with Crippen molar-refractivity contribution >= 4 is 41.9 Å². The molecule has 1 heterocycles. The quantitative estimate of drug-likeness (QED) is 0.673. The maximum absolute atomic E-state index is 12.8. The predicted octanol–water partition coefficient (Wildman–Crippen LogP) is 4.66. The first-order valence-corrected chi connectivity index (χ1v) is 10.1. The Balaban J connectivity index is 2.21. The van der Waals surface area contributed by atoms with Crippen LogP contribution >= 0.6 is 31.9 Å². The van der Waals surface area contributed by atoms with Crippen LogP contribution in [0.25, 0.3) is 0 Å². The second kappa shape index (κ2) is 6.30. The third-order valence-electron chi connectivity index (χ3n) is 4.19. The van der Waals surface area contributed by atoms with Gasteiger partial charge in [-0.05, 0) is 58.3 Å². The Morgan fingerprint density at radius 1 is 1.14 bits per heavy atom. The summed E-state index contributed by atoms with van der Waals surface area (Å²) >= 11 is 6.69. The van der Waals surface area contributed by atoms with Crippen molar-refractivity contribution in [3.8, 4) is 0 Å². The standard InChI is InChI=1S/C15H21Br2NO2S/c1-15(2,3)11-6-8-18(9-7-11)21(19,20)14-10-12(16)4-5-13(14)17/h4-5,10-11H,6-9H2,1-3H3. The van der Waals surface area contributed by atoms with E-state index in [-0.39, 0.29) is 5.41 Å². The molecule has 1 fully saturated rings. The minimum atomic E-state index is -3.43. The van der Waals surface area contributed by atoms with Crippen LogP contribution in [0.2, 0.25) is 0 Å². The Labute approximate surface area is 144 Å². The van der Waals surface area contributed by atoms with Gasteiger partial charge in [0.05, 0.1) is 4.90 Å². The third-order valence-corrected chi connectivity index (χ3v) is 7.58. The van der Waals surface area contributed by atoms with Crippen LogP contribution in [0.4, 0.5) is 0 Å². The highest BCUT2D eigenvalue weighted by Gasteiger charge is 2.34. The molecule has 1 aliphatic rings. The van der Waals surface area contributed by atoms with Gasteiger partial charge in [-0.3, -0.25) is 0 Å². The van der Waals surface area contributed by atoms with Gasteiger partial charge >= 0.3 is 0 Å². The number of halogens is 2. The molecule has 3 nitrogen and oxygen atoms in total. The number of sulfonamides is 1. The van der Waals surface area contributed by atoms with E-state index in [1.54, 1.807) is 16.4 Å². The van der Waals surface area contributed by atoms with Crippen molar-refractivity contribution in [2.24, 2.45) is 11.3 Å². The zero-order chi connectivity index (χ0) is 15.8. The maximum atomic E-state index is 12.8. The van der Waals surface area contributed by atoms with Gasteiger partial charge < -0.3 is 0 Å². The monoisotopic (exact) mass is 437 g/mol. The molecule has 0 aromatic heterocycles. The Morgan fingerprint density at radius 2 is 1.71 bits per heavy atom. The van der Waals surface area contributed by atoms with E-state index in [1.807, 2.05) is 6.07 Å². The second-order valence-corrected chi connectivity index (χ2v) is 10.3. The number of hydrogen-bond donors (Lipinski definition) is 0. The summed E-state index contributed by atoms with van der Waals surface area (Å²) < 4.78 is 28.6. The lowest BCUT2D eigenvalue weighted by molar-refractivity contribution is 0.154. The van der Waals surface area contributed by atoms with Crippen molar-refractivity contribution in [1.82, 2.24) is 4.31 Å². The molecule has 0 bridgehead atoms. The molecular weight excluding hydrogens is 418 g/mol. The summed E-state index contributed by atoms with van der Waals surface area (Å²) in [5, 5.41) is 0. The van der Waals surface area contributed by atoms with E-state index in [1.165, 1.54) is 0 Å². The second-order valence-electron chi connectivity index (χ2n) is 6.62. The summed E-state index contributed by atoms with van der Waals surface area (Å²) in [6.07, 6.45) is 1.85. The Hall–Kier alpha value is 0.0900. The molecule has 0 saturated carbocycles. The number of hydrogen-bond acceptors (Lipinski definition) is 2. The van der Waals surface area contributed by atoms with E-state index in [9.17, 15) is 8.42 Å². The lowest BCUT2D eigenvalue weighted by Gasteiger charge is -2.38. The molecule has 0 amide bonds. The van der Waals surface area contributed by atoms with Crippen LogP contribution in [-0.4, -0.2) is 25.8 Å². The van der Waals surface area contributed by atoms with Crippen molar-refractivity contribution in [1.29, 1.82) is 0 Å². The average Bonchev–Trinajstić information content (AvgIpc) is 2.40. The Bertz CT molecular complexity index is 615. The lowest BCUT2D eigenvalue weighted by atomic mass is 9.76. The SMILES string of the molecule is CC(C)(C)C1CCN(S(=O)(=O)c2cc(Br)ccc2Br)CC1. The fourth-order valence-electron chi connectivity index (χ4n) is 2.78. The predicted molar refractivity (Wildman–Crippen MR) is 92.8 cm³/mol. The molecule has 118 valence electrons. The van der Waals surface area contributed by atoms with Crippen LogP contribution < -0.4 is 0 Å². The van der Waals surface area contributed by atoms with Crippen molar-refractivity contribution in [3.05, 3.63) is 27.1 Å². The maximum Gasteiger partial charge on any atom is 0.244 e. The van der Waals surface area contributed by atoms with E-state index in [0.717, 1.165) is 17.3 Å². The summed E-state index contributed by atoms with van der Waals surface area (Å²) in [6.45, 7) is 7.89. The van der Waals surface area contributed by atoms with Crippen molar-refractivity contribution in [3.63, 3.8) is 0 Å². The van der Waals surface area contributed by atoms with Gasteiger partial charge in [0.1, 0.15) is 0 Å². The van der Waals surface area contributed by atoms with Gasteiger partial charge in [0, 0.05) is 22.0 Å². The van der Waals surface area contributed by atoms with Gasteiger partial charge in [0.25, 0.3) is 0 Å². The largest absolute Gasteiger partial charge is 0.244 e. The van der Waals surface area contributed by atoms with Crippen LogP contribution in [0.1, 0.15) is 33.6 Å². The third kappa shape index (κ3) is 3.89. The zero-order valence-corrected chi connectivity index (χ0v) is 16.6. The molecule has 0 radical (unpaired) electrons. The first kappa shape index (κ1) is 17.4. The summed E-state index contributed by atoms with van der Waals surface area (Å²) in [5.41, 5.74) is 0.242. The smallest absolute Gasteiger partial charge is 0.207 e. The molecule has 1 aromatic carbocycles. The highest BCUT2D eigenvalue weighted by atomic mass is 79.9. The van der Waals surface area contributed by atoms with E-state index in [0.29, 0.717) is 28.4 Å². The van der Waals surface area contributed by atoms with Gasteiger partial charge in [-0.2, -0.15) is 4.31 Å². The van der Waals surface area contributed by atoms with Crippen molar-refractivity contribution < 1.29 is 8.42 Å². The fraction of sp³-hybridized carbons (Fsp3) is 0.600. The van der Waals surface area contributed by atoms with Crippen LogP contribution in [-0.2, 0) is 10.0 Å². The normalized spacial score (nSPS) is 18.9. The Morgan fingerprint density at radius 3 is 2.24 bits per heavy atom. The zero-order valence-electron chi connectivity index (χ0n) is 12.6. The van der Waals surface area contributed by atoms with Crippen molar-refractivity contribution in [2.75, 3.05) is 13.1 Å². The van der Waals surface area contributed by atoms with Crippen LogP contribution in [0.5, 0.6) is 0 Å². The van der Waals surface area contributed by atoms with Gasteiger partial charge in [0.15, 0.2) is 0 Å². The molecule has 2 rings (SSSR count). The Kier molecular flexibility index (Phi) is 5.23. The molecule has 1 aromatic rings. The lowest BCUT2D eigenvalue weighted by Crippen LogP contribution is -2.41. The summed E-state index contributed by atoms with van der Waals surface area (Å²) in [4.78, 5) is 0.339. The summed E-state index contributed by atoms with van der Waals surface area (Å²) in [7, 11) is -3.43. The van der Waals surface area contributed by atoms with Gasteiger partial charge in [-0.1, -0.05) is 36.7 Å². The highest BCUT2D eigenvalue weighted by Crippen LogP contribution is 2.36. The minimum absolute atomic E-state index is 0.242. The fourth-order valence-corrected chi connectivity index (χ4v) is 5.71. The van der Waals surface area contributed by atoms with E-state index < -0.39 is 10.0 Å². The summed E-state index contributed by atoms with van der Waals surface area (Å²) in [5.74, 6) is 0.579. The number of benzene rings is 1. The van der Waals surface area contributed by atoms with Crippen molar-refractivity contribution in [2.45, 2.75) is 38.5 Å². The van der Waals surface area contributed by atoms with Crippen LogP contribution in [0.15, 0.2) is 32.0 Å². The average molecular weight is 439 g/mol. The molecule has 0 N–H and O–H groups in total. The van der Waals surface area contributed by atoms with E-state index >= 15 is 0 Å². The topological polar surface area (TPSA) is 37.4 Å².